The van der Waals surface area contributed by atoms with E-state index in [2.05, 4.69) is 25.8 Å². The molecule has 5 N–H and O–H groups in total. The molecule has 3 unspecified atom stereocenters. The normalized spacial score (nSPS) is 21.6. The number of nitrogen functional groups attached to an aromatic ring is 1. The number of carbonyl (C=O) groups excluding carboxylic acids is 2. The van der Waals surface area contributed by atoms with Crippen molar-refractivity contribution >= 4 is 75.5 Å². The second kappa shape index (κ2) is 14.6. The van der Waals surface area contributed by atoms with Gasteiger partial charge in [-0.1, -0.05) is 23.9 Å². The number of aromatic carboxylic acids is 1. The van der Waals surface area contributed by atoms with Gasteiger partial charge < -0.3 is 29.0 Å². The Morgan fingerprint density at radius 3 is 2.64 bits per heavy atom. The Hall–Kier alpha value is -1.35. The fourth-order valence-corrected chi connectivity index (χ4v) is 8.72. The molecule has 5 rings (SSSR count). The van der Waals surface area contributed by atoms with Crippen LogP contribution in [0.1, 0.15) is 24.2 Å². The maximum atomic E-state index is 13.5. The van der Waals surface area contributed by atoms with E-state index in [1.54, 1.807) is 30.6 Å². The van der Waals surface area contributed by atoms with Crippen LogP contribution in [-0.4, -0.2) is 93.5 Å². The number of hydrogen-bond acceptors (Lipinski definition) is 13. The van der Waals surface area contributed by atoms with Gasteiger partial charge in [0.1, 0.15) is 22.1 Å². The van der Waals surface area contributed by atoms with E-state index in [9.17, 15) is 29.4 Å². The van der Waals surface area contributed by atoms with Crippen molar-refractivity contribution in [3.05, 3.63) is 40.9 Å². The zero-order valence-electron chi connectivity index (χ0n) is 24.7. The maximum absolute atomic E-state index is 13.5. The summed E-state index contributed by atoms with van der Waals surface area (Å²) in [7, 11) is 1.65. The van der Waals surface area contributed by atoms with Crippen LogP contribution in [0.25, 0.3) is 0 Å². The van der Waals surface area contributed by atoms with Crippen molar-refractivity contribution < 1.29 is 91.4 Å². The molecule has 0 bridgehead atoms. The Morgan fingerprint density at radius 2 is 2.02 bits per heavy atom. The summed E-state index contributed by atoms with van der Waals surface area (Å²) < 4.78 is 1.44. The van der Waals surface area contributed by atoms with E-state index in [0.29, 0.717) is 15.7 Å². The molecule has 2 aromatic heterocycles. The third-order valence-corrected chi connectivity index (χ3v) is 11.2. The molecule has 4 atom stereocenters. The quantitative estimate of drug-likeness (QED) is 0.0909. The predicted molar refractivity (Wildman–Crippen MR) is 150 cm³/mol. The number of aliphatic carboxylic acids is 1. The van der Waals surface area contributed by atoms with Crippen molar-refractivity contribution in [3.8, 4) is 0 Å². The number of fused-ring (bicyclic) bond motifs is 1. The van der Waals surface area contributed by atoms with Crippen LogP contribution in [0, 0.1) is 5.41 Å². The van der Waals surface area contributed by atoms with Crippen molar-refractivity contribution in [1.29, 1.82) is 0 Å². The molecule has 214 valence electrons. The van der Waals surface area contributed by atoms with Crippen molar-refractivity contribution in [3.63, 3.8) is 0 Å². The molecular formula is C22H24N8Na2O6S4. The van der Waals surface area contributed by atoms with E-state index in [-0.39, 0.29) is 90.7 Å². The summed E-state index contributed by atoms with van der Waals surface area (Å²) in [5, 5.41) is 34.5. The van der Waals surface area contributed by atoms with Crippen LogP contribution >= 0.6 is 46.6 Å². The molecule has 2 amide bonds. The molecule has 4 heterocycles. The molecule has 2 aliphatic heterocycles. The summed E-state index contributed by atoms with van der Waals surface area (Å²) in [6, 6.07) is 5.42. The third-order valence-electron chi connectivity index (χ3n) is 6.36. The van der Waals surface area contributed by atoms with Gasteiger partial charge >= 0.3 is 71.1 Å². The zero-order valence-corrected chi connectivity index (χ0v) is 29.9. The first-order valence-electron chi connectivity index (χ1n) is 11.6. The van der Waals surface area contributed by atoms with Gasteiger partial charge in [0.15, 0.2) is 5.13 Å². The first-order chi connectivity index (χ1) is 19.1. The summed E-state index contributed by atoms with van der Waals surface area (Å²) in [4.78, 5) is 56.7. The third kappa shape index (κ3) is 7.13. The van der Waals surface area contributed by atoms with Gasteiger partial charge in [-0.25, -0.2) is 14.5 Å². The summed E-state index contributed by atoms with van der Waals surface area (Å²) in [5.74, 6) is -2.73. The van der Waals surface area contributed by atoms with Crippen LogP contribution < -0.4 is 70.2 Å². The van der Waals surface area contributed by atoms with Gasteiger partial charge in [-0.05, 0) is 22.6 Å². The van der Waals surface area contributed by atoms with Gasteiger partial charge in [0.25, 0.3) is 0 Å². The molecule has 2 saturated heterocycles. The summed E-state index contributed by atoms with van der Waals surface area (Å²) >= 11 is 4.63. The molecule has 3 aromatic rings. The average Bonchev–Trinajstić information content (AvgIpc) is 3.56. The zero-order chi connectivity index (χ0) is 28.6. The number of aryl methyl sites for hydroxylation is 1. The molecule has 1 aromatic carbocycles. The fraction of sp³-hybridized carbons (Fsp3) is 0.364. The molecular weight excluding hydrogens is 647 g/mol. The van der Waals surface area contributed by atoms with Crippen LogP contribution in [0.15, 0.2) is 39.7 Å². The molecule has 14 nitrogen and oxygen atoms in total. The average molecular weight is 671 g/mol. The Kier molecular flexibility index (Phi) is 12.2. The Bertz CT molecular complexity index is 1510. The van der Waals surface area contributed by atoms with Crippen LogP contribution in [0.3, 0.4) is 0 Å². The second-order valence-electron chi connectivity index (χ2n) is 9.02. The van der Waals surface area contributed by atoms with Gasteiger partial charge in [0.2, 0.25) is 17.0 Å². The van der Waals surface area contributed by atoms with Gasteiger partial charge in [0, 0.05) is 35.4 Å². The van der Waals surface area contributed by atoms with Crippen molar-refractivity contribution in [1.82, 2.24) is 35.4 Å². The molecule has 42 heavy (non-hydrogen) atoms. The number of carboxylic acids is 2. The number of carbonyl (C=O) groups is 4. The largest absolute Gasteiger partial charge is 1.00 e. The Labute approximate surface area is 303 Å². The molecule has 20 heteroatoms. The molecule has 0 saturated carbocycles. The Balaban J connectivity index is 0.00000242. The van der Waals surface area contributed by atoms with Crippen molar-refractivity contribution in [2.75, 3.05) is 23.8 Å². The monoisotopic (exact) mass is 670 g/mol. The number of benzene rings is 1. The minimum Gasteiger partial charge on any atom is -1.00 e. The van der Waals surface area contributed by atoms with E-state index < -0.39 is 45.8 Å². The number of rotatable bonds is 10. The second-order valence-corrected chi connectivity index (χ2v) is 13.1. The number of β-lactam (4-membered cyclic amide) rings is 1. The van der Waals surface area contributed by atoms with Crippen LogP contribution in [0.4, 0.5) is 5.13 Å². The fourth-order valence-electron chi connectivity index (χ4n) is 4.22. The molecule has 2 aliphatic rings. The van der Waals surface area contributed by atoms with Crippen LogP contribution in [0.2, 0.25) is 0 Å². The number of thioether (sulfide) groups is 3. The molecule has 0 radical (unpaired) electrons. The number of nitrogens with one attached hydrogen (secondary N) is 1. The number of carboxylic acid groups (broad SMARTS) is 2. The summed E-state index contributed by atoms with van der Waals surface area (Å²) in [6.07, 6.45) is 0. The van der Waals surface area contributed by atoms with Crippen molar-refractivity contribution in [2.24, 2.45) is 12.5 Å². The minimum absolute atomic E-state index is 0. The SMILES string of the molecule is Cn1nnnc1SCC1(C(=O)O)CS[C@@H]2C(NC(=O)C(Sc3ccccc3C(=O)O)c3csc(N)n3)C(=O)N2C1.[H-].[H-].[Na+].[Na+]. The topological polar surface area (TPSA) is 207 Å². The number of hydrogen-bond donors (Lipinski definition) is 4. The standard InChI is InChI=1S/C22H22N8O6S4.2Na.2H/c1-29-21(26-27-28-29)39-9-22(19(35)36)7-30-16(32)13(17(30)38-8-22)25-15(31)14(11-6-37-20(23)24-11)40-12-5-3-2-4-10(12)18(33)34;;;;/h2-6,13-14,17H,7-9H2,1H3,(H2,23,24)(H,25,31)(H,33,34)(H,35,36);;;;/q;2*+1;2*-1/t13?,14?,17-,22?;;;;/m1..../s1. The Morgan fingerprint density at radius 1 is 1.29 bits per heavy atom. The summed E-state index contributed by atoms with van der Waals surface area (Å²) in [6.45, 7) is -0.0176. The first kappa shape index (κ1) is 35.1. The number of anilines is 1. The van der Waals surface area contributed by atoms with Crippen LogP contribution in [0.5, 0.6) is 0 Å². The number of aromatic nitrogens is 5. The maximum Gasteiger partial charge on any atom is 1.00 e. The van der Waals surface area contributed by atoms with Crippen LogP contribution in [-0.2, 0) is 21.4 Å². The van der Waals surface area contributed by atoms with Gasteiger partial charge in [0.05, 0.1) is 11.3 Å². The van der Waals surface area contributed by atoms with E-state index >= 15 is 0 Å². The number of tetrazole rings is 1. The molecule has 2 fully saturated rings. The molecule has 0 aliphatic carbocycles. The molecule has 0 spiro atoms. The van der Waals surface area contributed by atoms with E-state index in [4.69, 9.17) is 5.73 Å². The minimum atomic E-state index is -1.22. The van der Waals surface area contributed by atoms with E-state index in [1.165, 1.54) is 39.2 Å². The van der Waals surface area contributed by atoms with Gasteiger partial charge in [-0.15, -0.1) is 40.0 Å². The smallest absolute Gasteiger partial charge is 1.00 e. The summed E-state index contributed by atoms with van der Waals surface area (Å²) in [5.41, 5.74) is 4.94. The number of amides is 2. The van der Waals surface area contributed by atoms with E-state index in [1.807, 2.05) is 0 Å². The number of nitrogens with zero attached hydrogens (tertiary/aromatic N) is 6. The number of thiazole rings is 1. The van der Waals surface area contributed by atoms with Gasteiger partial charge in [-0.2, -0.15) is 0 Å². The first-order valence-corrected chi connectivity index (χ1v) is 15.4. The predicted octanol–water partition coefficient (Wildman–Crippen LogP) is -4.72. The number of nitrogens with two attached hydrogens (primary N) is 1. The van der Waals surface area contributed by atoms with E-state index in [0.717, 1.165) is 23.1 Å². The van der Waals surface area contributed by atoms with Gasteiger partial charge in [-0.3, -0.25) is 14.4 Å². The van der Waals surface area contributed by atoms with Crippen molar-refractivity contribution in [2.45, 2.75) is 26.7 Å².